The van der Waals surface area contributed by atoms with Crippen molar-refractivity contribution < 1.29 is 4.79 Å². The largest absolute Gasteiger partial charge is 0.323 e. The summed E-state index contributed by atoms with van der Waals surface area (Å²) in [5, 5.41) is 6.90. The van der Waals surface area contributed by atoms with Crippen LogP contribution in [0.4, 0.5) is 10.5 Å². The number of hydrogen-bond donors (Lipinski definition) is 1. The van der Waals surface area contributed by atoms with E-state index in [1.807, 2.05) is 30.3 Å². The Labute approximate surface area is 133 Å². The molecule has 0 aliphatic heterocycles. The molecular weight excluding hydrogens is 292 g/mol. The van der Waals surface area contributed by atoms with Crippen molar-refractivity contribution >= 4 is 11.7 Å². The molecule has 0 unspecified atom stereocenters. The lowest BCUT2D eigenvalue weighted by Gasteiger charge is -2.19. The Hall–Kier alpha value is -3.22. The van der Waals surface area contributed by atoms with Crippen LogP contribution in [0.15, 0.2) is 61.3 Å². The molecule has 116 valence electrons. The lowest BCUT2D eigenvalue weighted by Crippen LogP contribution is -2.31. The first-order valence-electron chi connectivity index (χ1n) is 7.10. The van der Waals surface area contributed by atoms with Crippen molar-refractivity contribution in [2.24, 2.45) is 0 Å². The molecule has 0 aliphatic rings. The fourth-order valence-electron chi connectivity index (χ4n) is 2.13. The van der Waals surface area contributed by atoms with Crippen LogP contribution in [0.2, 0.25) is 0 Å². The monoisotopic (exact) mass is 308 g/mol. The van der Waals surface area contributed by atoms with Crippen LogP contribution in [-0.4, -0.2) is 37.7 Å². The minimum Gasteiger partial charge on any atom is -0.323 e. The minimum absolute atomic E-state index is 0.219. The maximum absolute atomic E-state index is 12.4. The molecule has 7 nitrogen and oxygen atoms in total. The van der Waals surface area contributed by atoms with Gasteiger partial charge in [-0.25, -0.2) is 19.4 Å². The maximum Gasteiger partial charge on any atom is 0.321 e. The molecule has 0 atom stereocenters. The fourth-order valence-corrected chi connectivity index (χ4v) is 2.13. The molecule has 7 heteroatoms. The van der Waals surface area contributed by atoms with Gasteiger partial charge in [0.05, 0.1) is 5.69 Å². The molecule has 2 aromatic heterocycles. The Balaban J connectivity index is 1.73. The van der Waals surface area contributed by atoms with Gasteiger partial charge in [-0.2, -0.15) is 5.10 Å². The SMILES string of the molecule is CN(Cc1ccccc1)C(=O)Nc1cccnc1-n1cncn1. The van der Waals surface area contributed by atoms with Gasteiger partial charge in [0, 0.05) is 19.8 Å². The number of pyridine rings is 1. The van der Waals surface area contributed by atoms with Crippen LogP contribution in [0.3, 0.4) is 0 Å². The van der Waals surface area contributed by atoms with Crippen molar-refractivity contribution in [1.29, 1.82) is 0 Å². The molecule has 2 heterocycles. The molecule has 0 fully saturated rings. The quantitative estimate of drug-likeness (QED) is 0.802. The molecule has 0 aliphatic carbocycles. The number of benzene rings is 1. The second kappa shape index (κ2) is 6.69. The Morgan fingerprint density at radius 2 is 2.04 bits per heavy atom. The van der Waals surface area contributed by atoms with Crippen LogP contribution in [0.25, 0.3) is 5.82 Å². The topological polar surface area (TPSA) is 75.9 Å². The van der Waals surface area contributed by atoms with Crippen molar-refractivity contribution in [3.8, 4) is 5.82 Å². The van der Waals surface area contributed by atoms with Gasteiger partial charge in [-0.15, -0.1) is 0 Å². The second-order valence-corrected chi connectivity index (χ2v) is 4.99. The summed E-state index contributed by atoms with van der Waals surface area (Å²) in [6.45, 7) is 0.519. The first kappa shape index (κ1) is 14.7. The normalized spacial score (nSPS) is 10.3. The van der Waals surface area contributed by atoms with Crippen molar-refractivity contribution in [1.82, 2.24) is 24.6 Å². The number of amides is 2. The fraction of sp³-hybridized carbons (Fsp3) is 0.125. The molecule has 3 rings (SSSR count). The predicted octanol–water partition coefficient (Wildman–Crippen LogP) is 2.33. The summed E-state index contributed by atoms with van der Waals surface area (Å²) >= 11 is 0. The standard InChI is InChI=1S/C16H16N6O/c1-21(10-13-6-3-2-4-7-13)16(23)20-14-8-5-9-18-15(14)22-12-17-11-19-22/h2-9,11-12H,10H2,1H3,(H,20,23). The average Bonchev–Trinajstić information content (AvgIpc) is 3.10. The van der Waals surface area contributed by atoms with Gasteiger partial charge in [-0.3, -0.25) is 0 Å². The van der Waals surface area contributed by atoms with Gasteiger partial charge >= 0.3 is 6.03 Å². The molecule has 0 spiro atoms. The van der Waals surface area contributed by atoms with Crippen molar-refractivity contribution in [2.45, 2.75) is 6.54 Å². The van der Waals surface area contributed by atoms with Gasteiger partial charge in [0.2, 0.25) is 0 Å². The molecule has 0 saturated carbocycles. The van der Waals surface area contributed by atoms with E-state index < -0.39 is 0 Å². The third-order valence-corrected chi connectivity index (χ3v) is 3.27. The molecule has 0 saturated heterocycles. The zero-order valence-electron chi connectivity index (χ0n) is 12.6. The van der Waals surface area contributed by atoms with Gasteiger partial charge < -0.3 is 10.2 Å². The van der Waals surface area contributed by atoms with E-state index in [9.17, 15) is 4.79 Å². The molecule has 1 aromatic carbocycles. The van der Waals surface area contributed by atoms with Crippen LogP contribution >= 0.6 is 0 Å². The van der Waals surface area contributed by atoms with E-state index in [4.69, 9.17) is 0 Å². The third kappa shape index (κ3) is 3.52. The lowest BCUT2D eigenvalue weighted by atomic mass is 10.2. The first-order valence-corrected chi connectivity index (χ1v) is 7.10. The summed E-state index contributed by atoms with van der Waals surface area (Å²) in [7, 11) is 1.74. The van der Waals surface area contributed by atoms with Crippen LogP contribution in [0.5, 0.6) is 0 Å². The summed E-state index contributed by atoms with van der Waals surface area (Å²) in [5.41, 5.74) is 1.63. The Bertz CT molecular complexity index is 772. The van der Waals surface area contributed by atoms with E-state index in [1.54, 1.807) is 30.3 Å². The molecule has 1 N–H and O–H groups in total. The highest BCUT2D eigenvalue weighted by atomic mass is 16.2. The van der Waals surface area contributed by atoms with E-state index >= 15 is 0 Å². The molecule has 0 bridgehead atoms. The summed E-state index contributed by atoms with van der Waals surface area (Å²) in [6, 6.07) is 13.1. The van der Waals surface area contributed by atoms with E-state index in [0.717, 1.165) is 5.56 Å². The zero-order chi connectivity index (χ0) is 16.1. The van der Waals surface area contributed by atoms with Crippen molar-refractivity contribution in [3.63, 3.8) is 0 Å². The number of rotatable bonds is 4. The zero-order valence-corrected chi connectivity index (χ0v) is 12.6. The summed E-state index contributed by atoms with van der Waals surface area (Å²) in [6.07, 6.45) is 4.59. The number of nitrogens with zero attached hydrogens (tertiary/aromatic N) is 5. The van der Waals surface area contributed by atoms with Crippen LogP contribution in [0, 0.1) is 0 Å². The van der Waals surface area contributed by atoms with Gasteiger partial charge in [0.1, 0.15) is 12.7 Å². The number of carbonyl (C=O) groups excluding carboxylic acids is 1. The highest BCUT2D eigenvalue weighted by Gasteiger charge is 2.13. The Kier molecular flexibility index (Phi) is 4.28. The molecule has 2 amide bonds. The molecular formula is C16H16N6O. The smallest absolute Gasteiger partial charge is 0.321 e. The number of hydrogen-bond acceptors (Lipinski definition) is 4. The Morgan fingerprint density at radius 1 is 1.22 bits per heavy atom. The number of nitrogens with one attached hydrogen (secondary N) is 1. The van der Waals surface area contributed by atoms with Gasteiger partial charge in [-0.1, -0.05) is 30.3 Å². The third-order valence-electron chi connectivity index (χ3n) is 3.27. The number of anilines is 1. The molecule has 3 aromatic rings. The van der Waals surface area contributed by atoms with Gasteiger partial charge in [0.25, 0.3) is 0 Å². The van der Waals surface area contributed by atoms with E-state index in [0.29, 0.717) is 18.1 Å². The average molecular weight is 308 g/mol. The number of aromatic nitrogens is 4. The highest BCUT2D eigenvalue weighted by Crippen LogP contribution is 2.16. The number of carbonyl (C=O) groups is 1. The van der Waals surface area contributed by atoms with E-state index in [2.05, 4.69) is 20.4 Å². The van der Waals surface area contributed by atoms with E-state index in [1.165, 1.54) is 17.3 Å². The first-order chi connectivity index (χ1) is 11.2. The van der Waals surface area contributed by atoms with Crippen LogP contribution < -0.4 is 5.32 Å². The summed E-state index contributed by atoms with van der Waals surface area (Å²) < 4.78 is 1.51. The maximum atomic E-state index is 12.4. The molecule has 23 heavy (non-hydrogen) atoms. The summed E-state index contributed by atoms with van der Waals surface area (Å²) in [4.78, 5) is 22.1. The van der Waals surface area contributed by atoms with E-state index in [-0.39, 0.29) is 6.03 Å². The Morgan fingerprint density at radius 3 is 2.78 bits per heavy atom. The van der Waals surface area contributed by atoms with Crippen molar-refractivity contribution in [2.75, 3.05) is 12.4 Å². The van der Waals surface area contributed by atoms with Crippen LogP contribution in [-0.2, 0) is 6.54 Å². The minimum atomic E-state index is -0.219. The lowest BCUT2D eigenvalue weighted by molar-refractivity contribution is 0.220. The second-order valence-electron chi connectivity index (χ2n) is 4.99. The highest BCUT2D eigenvalue weighted by molar-refractivity contribution is 5.90. The van der Waals surface area contributed by atoms with Crippen LogP contribution in [0.1, 0.15) is 5.56 Å². The van der Waals surface area contributed by atoms with Crippen molar-refractivity contribution in [3.05, 3.63) is 66.9 Å². The van der Waals surface area contributed by atoms with Gasteiger partial charge in [0.15, 0.2) is 5.82 Å². The predicted molar refractivity (Wildman–Crippen MR) is 86.1 cm³/mol. The van der Waals surface area contributed by atoms with Gasteiger partial charge in [-0.05, 0) is 17.7 Å². The molecule has 0 radical (unpaired) electrons. The summed E-state index contributed by atoms with van der Waals surface area (Å²) in [5.74, 6) is 0.520. The number of urea groups is 1.